The van der Waals surface area contributed by atoms with Crippen molar-refractivity contribution in [1.29, 1.82) is 0 Å². The second-order valence-electron chi connectivity index (χ2n) is 4.86. The molecule has 0 aliphatic heterocycles. The Morgan fingerprint density at radius 1 is 1.20 bits per heavy atom. The van der Waals surface area contributed by atoms with Crippen LogP contribution in [0, 0.1) is 13.8 Å². The van der Waals surface area contributed by atoms with E-state index in [1.807, 2.05) is 32.0 Å². The Morgan fingerprint density at radius 3 is 2.55 bits per heavy atom. The van der Waals surface area contributed by atoms with Crippen molar-refractivity contribution < 1.29 is 15.3 Å². The molecule has 6 heteroatoms. The lowest BCUT2D eigenvalue weighted by Crippen LogP contribution is -2.21. The molecule has 0 radical (unpaired) electrons. The first-order chi connectivity index (χ1) is 9.56. The summed E-state index contributed by atoms with van der Waals surface area (Å²) in [6.45, 7) is 3.59. The molecule has 1 unspecified atom stereocenters. The van der Waals surface area contributed by atoms with Crippen LogP contribution in [0.3, 0.4) is 0 Å². The van der Waals surface area contributed by atoms with Gasteiger partial charge in [-0.15, -0.1) is 5.10 Å². The Balaban J connectivity index is 2.47. The molecule has 1 aromatic carbocycles. The van der Waals surface area contributed by atoms with Crippen LogP contribution in [0.2, 0.25) is 0 Å². The van der Waals surface area contributed by atoms with Crippen molar-refractivity contribution in [2.45, 2.75) is 33.1 Å². The molecule has 0 saturated heterocycles. The third-order valence-corrected chi connectivity index (χ3v) is 3.33. The van der Waals surface area contributed by atoms with Crippen LogP contribution in [-0.2, 0) is 13.2 Å². The predicted octanol–water partition coefficient (Wildman–Crippen LogP) is 0.407. The number of aliphatic hydroxyl groups is 3. The number of benzene rings is 1. The summed E-state index contributed by atoms with van der Waals surface area (Å²) in [7, 11) is 0. The summed E-state index contributed by atoms with van der Waals surface area (Å²) in [5, 5.41) is 35.7. The van der Waals surface area contributed by atoms with Crippen LogP contribution < -0.4 is 0 Å². The summed E-state index contributed by atoms with van der Waals surface area (Å²) < 4.78 is 1.51. The van der Waals surface area contributed by atoms with E-state index in [2.05, 4.69) is 10.3 Å². The second kappa shape index (κ2) is 6.13. The molecule has 0 fully saturated rings. The molecule has 0 aliphatic rings. The largest absolute Gasteiger partial charge is 0.394 e. The van der Waals surface area contributed by atoms with E-state index in [9.17, 15) is 10.2 Å². The van der Waals surface area contributed by atoms with Crippen molar-refractivity contribution in [3.8, 4) is 11.3 Å². The van der Waals surface area contributed by atoms with Crippen molar-refractivity contribution in [3.05, 3.63) is 35.0 Å². The van der Waals surface area contributed by atoms with E-state index in [0.29, 0.717) is 11.4 Å². The molecule has 2 aromatic rings. The minimum Gasteiger partial charge on any atom is -0.394 e. The van der Waals surface area contributed by atoms with E-state index >= 15 is 0 Å². The minimum absolute atomic E-state index is 0.131. The lowest BCUT2D eigenvalue weighted by molar-refractivity contribution is 0.0782. The average Bonchev–Trinajstić information content (AvgIpc) is 2.84. The topological polar surface area (TPSA) is 91.4 Å². The fourth-order valence-corrected chi connectivity index (χ4v) is 2.05. The summed E-state index contributed by atoms with van der Waals surface area (Å²) in [4.78, 5) is 0. The normalized spacial score (nSPS) is 12.7. The Kier molecular flexibility index (Phi) is 4.49. The molecule has 0 saturated carbocycles. The summed E-state index contributed by atoms with van der Waals surface area (Å²) in [5.74, 6) is 0. The van der Waals surface area contributed by atoms with Gasteiger partial charge in [0.1, 0.15) is 5.69 Å². The standard InChI is InChI=1S/C14H19N3O3/c1-9-3-4-11(5-10(9)2)14-13(8-19)15-16-17(14)6-12(20)7-18/h3-5,12,18-20H,6-8H2,1-2H3. The molecule has 1 aromatic heterocycles. The van der Waals surface area contributed by atoms with Gasteiger partial charge in [-0.05, 0) is 31.0 Å². The minimum atomic E-state index is -0.909. The molecule has 6 nitrogen and oxygen atoms in total. The highest BCUT2D eigenvalue weighted by Gasteiger charge is 2.17. The molecule has 3 N–H and O–H groups in total. The van der Waals surface area contributed by atoms with Gasteiger partial charge in [-0.1, -0.05) is 17.3 Å². The summed E-state index contributed by atoms with van der Waals surface area (Å²) in [6.07, 6.45) is -0.909. The number of nitrogens with zero attached hydrogens (tertiary/aromatic N) is 3. The van der Waals surface area contributed by atoms with E-state index < -0.39 is 6.10 Å². The Morgan fingerprint density at radius 2 is 1.95 bits per heavy atom. The van der Waals surface area contributed by atoms with Crippen LogP contribution in [0.1, 0.15) is 16.8 Å². The summed E-state index contributed by atoms with van der Waals surface area (Å²) in [5.41, 5.74) is 4.31. The highest BCUT2D eigenvalue weighted by Crippen LogP contribution is 2.25. The van der Waals surface area contributed by atoms with Gasteiger partial charge in [-0.3, -0.25) is 0 Å². The SMILES string of the molecule is Cc1ccc(-c2c(CO)nnn2CC(O)CO)cc1C. The van der Waals surface area contributed by atoms with Gasteiger partial charge in [0.15, 0.2) is 0 Å². The molecule has 1 heterocycles. The fraction of sp³-hybridized carbons (Fsp3) is 0.429. The fourth-order valence-electron chi connectivity index (χ4n) is 2.05. The molecular formula is C14H19N3O3. The van der Waals surface area contributed by atoms with Gasteiger partial charge < -0.3 is 15.3 Å². The number of rotatable bonds is 5. The maximum absolute atomic E-state index is 9.56. The number of aliphatic hydroxyl groups excluding tert-OH is 3. The average molecular weight is 277 g/mol. The summed E-state index contributed by atoms with van der Waals surface area (Å²) in [6, 6.07) is 5.92. The van der Waals surface area contributed by atoms with E-state index in [0.717, 1.165) is 11.1 Å². The Labute approximate surface area is 117 Å². The number of aromatic nitrogens is 3. The zero-order valence-electron chi connectivity index (χ0n) is 11.6. The molecular weight excluding hydrogens is 258 g/mol. The Bertz CT molecular complexity index is 595. The van der Waals surface area contributed by atoms with Gasteiger partial charge in [-0.25, -0.2) is 4.68 Å². The van der Waals surface area contributed by atoms with E-state index in [-0.39, 0.29) is 19.8 Å². The first kappa shape index (κ1) is 14.6. The van der Waals surface area contributed by atoms with Crippen LogP contribution in [0.4, 0.5) is 0 Å². The van der Waals surface area contributed by atoms with Gasteiger partial charge in [0, 0.05) is 5.56 Å². The van der Waals surface area contributed by atoms with Crippen molar-refractivity contribution in [3.63, 3.8) is 0 Å². The van der Waals surface area contributed by atoms with E-state index in [1.165, 1.54) is 10.2 Å². The van der Waals surface area contributed by atoms with Gasteiger partial charge in [-0.2, -0.15) is 0 Å². The van der Waals surface area contributed by atoms with Crippen molar-refractivity contribution in [1.82, 2.24) is 15.0 Å². The zero-order valence-corrected chi connectivity index (χ0v) is 11.6. The third kappa shape index (κ3) is 2.87. The van der Waals surface area contributed by atoms with Crippen LogP contribution in [0.25, 0.3) is 11.3 Å². The first-order valence-electron chi connectivity index (χ1n) is 6.46. The highest BCUT2D eigenvalue weighted by molar-refractivity contribution is 5.63. The maximum atomic E-state index is 9.56. The van der Waals surface area contributed by atoms with Crippen molar-refractivity contribution in [2.75, 3.05) is 6.61 Å². The molecule has 2 rings (SSSR count). The van der Waals surface area contributed by atoms with Crippen LogP contribution in [-0.4, -0.2) is 43.0 Å². The third-order valence-electron chi connectivity index (χ3n) is 3.33. The van der Waals surface area contributed by atoms with Crippen LogP contribution in [0.15, 0.2) is 18.2 Å². The lowest BCUT2D eigenvalue weighted by atomic mass is 10.0. The number of hydrogen-bond acceptors (Lipinski definition) is 5. The molecule has 20 heavy (non-hydrogen) atoms. The molecule has 0 spiro atoms. The second-order valence-corrected chi connectivity index (χ2v) is 4.86. The molecule has 0 aliphatic carbocycles. The monoisotopic (exact) mass is 277 g/mol. The van der Waals surface area contributed by atoms with Gasteiger partial charge >= 0.3 is 0 Å². The van der Waals surface area contributed by atoms with Gasteiger partial charge in [0.05, 0.1) is 31.6 Å². The number of aryl methyl sites for hydroxylation is 2. The molecule has 1 atom stereocenters. The smallest absolute Gasteiger partial charge is 0.116 e. The quantitative estimate of drug-likeness (QED) is 0.736. The van der Waals surface area contributed by atoms with E-state index in [4.69, 9.17) is 5.11 Å². The lowest BCUT2D eigenvalue weighted by Gasteiger charge is -2.12. The van der Waals surface area contributed by atoms with E-state index in [1.54, 1.807) is 0 Å². The zero-order chi connectivity index (χ0) is 14.7. The molecule has 0 amide bonds. The van der Waals surface area contributed by atoms with Gasteiger partial charge in [0.2, 0.25) is 0 Å². The predicted molar refractivity (Wildman–Crippen MR) is 73.9 cm³/mol. The van der Waals surface area contributed by atoms with Crippen molar-refractivity contribution >= 4 is 0 Å². The highest BCUT2D eigenvalue weighted by atomic mass is 16.3. The Hall–Kier alpha value is -1.76. The molecule has 108 valence electrons. The number of hydrogen-bond donors (Lipinski definition) is 3. The maximum Gasteiger partial charge on any atom is 0.116 e. The van der Waals surface area contributed by atoms with Crippen molar-refractivity contribution in [2.24, 2.45) is 0 Å². The van der Waals surface area contributed by atoms with Crippen LogP contribution >= 0.6 is 0 Å². The van der Waals surface area contributed by atoms with Gasteiger partial charge in [0.25, 0.3) is 0 Å². The summed E-state index contributed by atoms with van der Waals surface area (Å²) >= 11 is 0. The van der Waals surface area contributed by atoms with Crippen LogP contribution in [0.5, 0.6) is 0 Å². The first-order valence-corrected chi connectivity index (χ1v) is 6.46. The molecule has 0 bridgehead atoms.